The van der Waals surface area contributed by atoms with Crippen LogP contribution in [0.4, 0.5) is 0 Å². The number of aromatic amines is 2. The molecule has 3 heterocycles. The fraction of sp³-hybridized carbons (Fsp3) is 0.276. The van der Waals surface area contributed by atoms with Crippen LogP contribution in [-0.4, -0.2) is 104 Å². The lowest BCUT2D eigenvalue weighted by Gasteiger charge is -2.40. The molecular formula is C29H28N8O10. The first kappa shape index (κ1) is 32.1. The Kier molecular flexibility index (Phi) is 9.68. The van der Waals surface area contributed by atoms with E-state index >= 15 is 0 Å². The molecule has 2 aromatic heterocycles. The number of aliphatic carboxylic acids is 1. The first-order chi connectivity index (χ1) is 22.6. The molecule has 0 unspecified atom stereocenters. The van der Waals surface area contributed by atoms with E-state index in [0.717, 1.165) is 4.90 Å². The molecule has 0 spiro atoms. The zero-order valence-corrected chi connectivity index (χ0v) is 24.6. The number of carboxylic acid groups (broad SMARTS) is 1. The van der Waals surface area contributed by atoms with Gasteiger partial charge in [-0.15, -0.1) is 0 Å². The zero-order chi connectivity index (χ0) is 33.5. The Labute approximate surface area is 263 Å². The Morgan fingerprint density at radius 2 is 1.34 bits per heavy atom. The van der Waals surface area contributed by atoms with E-state index in [-0.39, 0.29) is 49.7 Å². The van der Waals surface area contributed by atoms with Crippen LogP contribution in [0.1, 0.15) is 33.6 Å². The predicted octanol–water partition coefficient (Wildman–Crippen LogP) is -0.563. The molecule has 244 valence electrons. The number of aromatic nitrogens is 4. The van der Waals surface area contributed by atoms with Crippen LogP contribution < -0.4 is 22.1 Å². The maximum atomic E-state index is 13.2. The molecule has 4 aromatic rings. The van der Waals surface area contributed by atoms with Gasteiger partial charge in [0.05, 0.1) is 6.54 Å². The van der Waals surface area contributed by atoms with Gasteiger partial charge < -0.3 is 25.5 Å². The number of benzene rings is 2. The van der Waals surface area contributed by atoms with Crippen LogP contribution >= 0.6 is 0 Å². The number of nitrogens with one attached hydrogen (secondary N) is 4. The molecule has 1 aliphatic rings. The minimum Gasteiger partial charge on any atom is -0.480 e. The van der Waals surface area contributed by atoms with Gasteiger partial charge in [0.1, 0.15) is 12.6 Å². The Balaban J connectivity index is 1.15. The van der Waals surface area contributed by atoms with Gasteiger partial charge >= 0.3 is 17.5 Å². The van der Waals surface area contributed by atoms with Gasteiger partial charge in [-0.3, -0.25) is 43.0 Å². The van der Waals surface area contributed by atoms with Crippen LogP contribution in [0.3, 0.4) is 0 Å². The molecule has 1 atom stereocenters. The van der Waals surface area contributed by atoms with Crippen LogP contribution in [0.5, 0.6) is 0 Å². The quantitative estimate of drug-likeness (QED) is 0.121. The Morgan fingerprint density at radius 1 is 0.809 bits per heavy atom. The van der Waals surface area contributed by atoms with Crippen LogP contribution in [-0.2, 0) is 14.4 Å². The van der Waals surface area contributed by atoms with Gasteiger partial charge in [-0.1, -0.05) is 34.6 Å². The molecule has 0 aliphatic carbocycles. The minimum atomic E-state index is -1.20. The van der Waals surface area contributed by atoms with Gasteiger partial charge in [0.25, 0.3) is 11.8 Å². The molecule has 0 bridgehead atoms. The molecule has 0 saturated carbocycles. The first-order valence-corrected chi connectivity index (χ1v) is 14.3. The molecule has 4 amide bonds. The van der Waals surface area contributed by atoms with Crippen molar-refractivity contribution in [2.45, 2.75) is 18.9 Å². The molecule has 18 nitrogen and oxygen atoms in total. The summed E-state index contributed by atoms with van der Waals surface area (Å²) in [5.41, 5.74) is 1.59. The largest absolute Gasteiger partial charge is 0.480 e. The average molecular weight is 649 g/mol. The Morgan fingerprint density at radius 3 is 1.83 bits per heavy atom. The predicted molar refractivity (Wildman–Crippen MR) is 159 cm³/mol. The molecule has 47 heavy (non-hydrogen) atoms. The highest BCUT2D eigenvalue weighted by Crippen LogP contribution is 2.18. The molecule has 18 heteroatoms. The summed E-state index contributed by atoms with van der Waals surface area (Å²) in [5, 5.41) is 21.7. The highest BCUT2D eigenvalue weighted by atomic mass is 16.5. The number of carboxylic acids is 1. The SMILES string of the molecule is O=C(O)CN1CCN(C(=O)CNC(=O)c2ccc(-c3noc(=O)[nH]3)cc2)[C@@H](CCCNC(=O)c2ccc(-c3noc(=O)[nH]3)cc2)C1=O. The Hall–Kier alpha value is -6.33. The summed E-state index contributed by atoms with van der Waals surface area (Å²) in [6.07, 6.45) is 0.402. The summed E-state index contributed by atoms with van der Waals surface area (Å²) in [6.45, 7) is -0.743. The number of H-pyrrole nitrogens is 2. The van der Waals surface area contributed by atoms with E-state index in [9.17, 15) is 38.7 Å². The van der Waals surface area contributed by atoms with E-state index in [0.29, 0.717) is 16.7 Å². The van der Waals surface area contributed by atoms with E-state index in [4.69, 9.17) is 0 Å². The average Bonchev–Trinajstić information content (AvgIpc) is 3.71. The number of amides is 4. The third-order valence-electron chi connectivity index (χ3n) is 7.29. The number of nitrogens with zero attached hydrogens (tertiary/aromatic N) is 4. The number of carbonyl (C=O) groups is 5. The van der Waals surface area contributed by atoms with Gasteiger partial charge in [-0.25, -0.2) is 9.59 Å². The fourth-order valence-corrected chi connectivity index (χ4v) is 4.96. The number of piperazine rings is 1. The van der Waals surface area contributed by atoms with Crippen LogP contribution in [0, 0.1) is 0 Å². The fourth-order valence-electron chi connectivity index (χ4n) is 4.96. The van der Waals surface area contributed by atoms with E-state index < -0.39 is 60.2 Å². The third-order valence-corrected chi connectivity index (χ3v) is 7.29. The highest BCUT2D eigenvalue weighted by molar-refractivity contribution is 5.98. The monoisotopic (exact) mass is 648 g/mol. The maximum Gasteiger partial charge on any atom is 0.439 e. The van der Waals surface area contributed by atoms with E-state index in [1.54, 1.807) is 12.1 Å². The second-order valence-electron chi connectivity index (χ2n) is 10.4. The second-order valence-corrected chi connectivity index (χ2v) is 10.4. The van der Waals surface area contributed by atoms with Gasteiger partial charge in [0.15, 0.2) is 11.6 Å². The molecule has 1 fully saturated rings. The van der Waals surface area contributed by atoms with Crippen molar-refractivity contribution in [3.8, 4) is 22.8 Å². The van der Waals surface area contributed by atoms with Gasteiger partial charge in [0.2, 0.25) is 11.8 Å². The van der Waals surface area contributed by atoms with Crippen molar-refractivity contribution in [1.82, 2.24) is 40.7 Å². The number of rotatable bonds is 12. The van der Waals surface area contributed by atoms with Crippen molar-refractivity contribution in [2.75, 3.05) is 32.7 Å². The van der Waals surface area contributed by atoms with E-state index in [1.165, 1.54) is 41.3 Å². The molecule has 0 radical (unpaired) electrons. The lowest BCUT2D eigenvalue weighted by molar-refractivity contribution is -0.155. The molecule has 1 aliphatic heterocycles. The standard InChI is InChI=1S/C29H28N8O10/c38-21(14-31-26(42)19-9-5-17(6-10-19)24-33-29(45)47-35-24)37-13-12-36(15-22(39)40)27(43)20(37)2-1-11-30-25(41)18-7-3-16(4-8-18)23-32-28(44)46-34-23/h3-10,20H,1-2,11-15H2,(H,30,41)(H,31,42)(H,39,40)(H,32,34,44)(H,33,35,45)/t20-/m0/s1. The van der Waals surface area contributed by atoms with E-state index in [1.807, 2.05) is 0 Å². The first-order valence-electron chi connectivity index (χ1n) is 14.3. The summed E-state index contributed by atoms with van der Waals surface area (Å²) in [6, 6.07) is 11.3. The Bertz CT molecular complexity index is 1890. The summed E-state index contributed by atoms with van der Waals surface area (Å²) in [4.78, 5) is 92.7. The second kappa shape index (κ2) is 14.2. The van der Waals surface area contributed by atoms with Crippen LogP contribution in [0.2, 0.25) is 0 Å². The molecular weight excluding hydrogens is 620 g/mol. The maximum absolute atomic E-state index is 13.2. The molecule has 2 aromatic carbocycles. The topological polar surface area (TPSA) is 254 Å². The van der Waals surface area contributed by atoms with E-state index in [2.05, 4.69) is 40.0 Å². The van der Waals surface area contributed by atoms with Crippen molar-refractivity contribution >= 4 is 29.6 Å². The lowest BCUT2D eigenvalue weighted by Crippen LogP contribution is -2.60. The number of carbonyl (C=O) groups excluding carboxylic acids is 4. The molecule has 5 rings (SSSR count). The lowest BCUT2D eigenvalue weighted by atomic mass is 10.0. The van der Waals surface area contributed by atoms with Crippen LogP contribution in [0.25, 0.3) is 22.8 Å². The summed E-state index contributed by atoms with van der Waals surface area (Å²) in [7, 11) is 0. The van der Waals surface area contributed by atoms with Crippen LogP contribution in [0.15, 0.2) is 67.2 Å². The molecule has 1 saturated heterocycles. The summed E-state index contributed by atoms with van der Waals surface area (Å²) < 4.78 is 8.94. The van der Waals surface area contributed by atoms with Crippen molar-refractivity contribution in [3.05, 3.63) is 80.8 Å². The van der Waals surface area contributed by atoms with Crippen molar-refractivity contribution in [3.63, 3.8) is 0 Å². The van der Waals surface area contributed by atoms with Gasteiger partial charge in [0, 0.05) is 41.9 Å². The molecule has 5 N–H and O–H groups in total. The van der Waals surface area contributed by atoms with Crippen molar-refractivity contribution in [1.29, 1.82) is 0 Å². The normalized spacial score (nSPS) is 14.6. The minimum absolute atomic E-state index is 0.00187. The van der Waals surface area contributed by atoms with Gasteiger partial charge in [-0.2, -0.15) is 0 Å². The van der Waals surface area contributed by atoms with Crippen molar-refractivity contribution < 1.29 is 38.1 Å². The smallest absolute Gasteiger partial charge is 0.439 e. The summed E-state index contributed by atoms with van der Waals surface area (Å²) in [5.74, 6) is -4.27. The number of hydrogen-bond acceptors (Lipinski definition) is 11. The third kappa shape index (κ3) is 7.85. The zero-order valence-electron chi connectivity index (χ0n) is 24.6. The highest BCUT2D eigenvalue weighted by Gasteiger charge is 2.37. The van der Waals surface area contributed by atoms with Gasteiger partial charge in [-0.05, 0) is 37.1 Å². The summed E-state index contributed by atoms with van der Waals surface area (Å²) >= 11 is 0. The number of hydrogen-bond donors (Lipinski definition) is 5. The van der Waals surface area contributed by atoms with Crippen molar-refractivity contribution in [2.24, 2.45) is 0 Å².